The molecule has 4 nitrogen and oxygen atoms in total. The molecule has 0 bridgehead atoms. The first-order valence-electron chi connectivity index (χ1n) is 4.68. The minimum Gasteiger partial charge on any atom is -0.396 e. The van der Waals surface area contributed by atoms with Gasteiger partial charge >= 0.3 is 0 Å². The van der Waals surface area contributed by atoms with Crippen LogP contribution in [-0.2, 0) is 4.74 Å². The highest BCUT2D eigenvalue weighted by Gasteiger charge is 2.05. The van der Waals surface area contributed by atoms with Crippen molar-refractivity contribution in [1.29, 1.82) is 0 Å². The van der Waals surface area contributed by atoms with Crippen LogP contribution in [0.5, 0.6) is 0 Å². The molecule has 2 N–H and O–H groups in total. The van der Waals surface area contributed by atoms with Crippen LogP contribution in [0.25, 0.3) is 0 Å². The summed E-state index contributed by atoms with van der Waals surface area (Å²) in [6.07, 6.45) is 0.751. The number of rotatable bonds is 8. The third-order valence-electron chi connectivity index (χ3n) is 1.84. The number of likely N-dealkylation sites (N-methyl/N-ethyl adjacent to an activating group) is 1. The normalized spacial score (nSPS) is 13.6. The van der Waals surface area contributed by atoms with E-state index in [0.29, 0.717) is 6.61 Å². The van der Waals surface area contributed by atoms with E-state index >= 15 is 0 Å². The Hall–Kier alpha value is -0.160. The smallest absolute Gasteiger partial charge is 0.0616 e. The van der Waals surface area contributed by atoms with Gasteiger partial charge in [-0.15, -0.1) is 0 Å². The lowest BCUT2D eigenvalue weighted by Crippen LogP contribution is -2.38. The maximum Gasteiger partial charge on any atom is 0.0616 e. The summed E-state index contributed by atoms with van der Waals surface area (Å²) in [6.45, 7) is 2.81. The first-order chi connectivity index (χ1) is 6.20. The highest BCUT2D eigenvalue weighted by atomic mass is 16.5. The van der Waals surface area contributed by atoms with Crippen LogP contribution < -0.4 is 5.32 Å². The minimum atomic E-state index is 0.211. The van der Waals surface area contributed by atoms with Crippen LogP contribution >= 0.6 is 0 Å². The summed E-state index contributed by atoms with van der Waals surface area (Å²) in [5.74, 6) is 0. The van der Waals surface area contributed by atoms with Crippen molar-refractivity contribution < 1.29 is 9.84 Å². The molecule has 0 aromatic carbocycles. The van der Waals surface area contributed by atoms with Crippen LogP contribution in [0.1, 0.15) is 6.42 Å². The number of nitrogens with one attached hydrogen (secondary N) is 1. The molecule has 0 rings (SSSR count). The van der Waals surface area contributed by atoms with E-state index < -0.39 is 0 Å². The summed E-state index contributed by atoms with van der Waals surface area (Å²) in [5.41, 5.74) is 0. The van der Waals surface area contributed by atoms with E-state index in [1.54, 1.807) is 7.11 Å². The number of hydrogen-bond donors (Lipinski definition) is 2. The van der Waals surface area contributed by atoms with Crippen molar-refractivity contribution >= 4 is 0 Å². The molecule has 0 saturated carbocycles. The highest BCUT2D eigenvalue weighted by molar-refractivity contribution is 4.65. The van der Waals surface area contributed by atoms with Crippen LogP contribution in [0.15, 0.2) is 0 Å². The largest absolute Gasteiger partial charge is 0.396 e. The van der Waals surface area contributed by atoms with Gasteiger partial charge in [0.2, 0.25) is 0 Å². The Balaban J connectivity index is 3.44. The number of methoxy groups -OCH3 is 1. The predicted octanol–water partition coefficient (Wildman–Crippen LogP) is -0.465. The van der Waals surface area contributed by atoms with Gasteiger partial charge in [0.15, 0.2) is 0 Å². The van der Waals surface area contributed by atoms with E-state index in [2.05, 4.69) is 10.2 Å². The molecule has 1 atom stereocenters. The van der Waals surface area contributed by atoms with E-state index in [1.165, 1.54) is 0 Å². The zero-order valence-electron chi connectivity index (χ0n) is 8.92. The number of aliphatic hydroxyl groups is 1. The number of nitrogens with zero attached hydrogens (tertiary/aromatic N) is 1. The van der Waals surface area contributed by atoms with Crippen molar-refractivity contribution in [2.45, 2.75) is 12.5 Å². The van der Waals surface area contributed by atoms with Gasteiger partial charge in [0, 0.05) is 32.8 Å². The summed E-state index contributed by atoms with van der Waals surface area (Å²) in [4.78, 5) is 2.12. The Morgan fingerprint density at radius 1 is 1.46 bits per heavy atom. The first-order valence-corrected chi connectivity index (χ1v) is 4.68. The second kappa shape index (κ2) is 8.44. The molecule has 80 valence electrons. The highest BCUT2D eigenvalue weighted by Crippen LogP contribution is 1.91. The van der Waals surface area contributed by atoms with Gasteiger partial charge in [-0.3, -0.25) is 0 Å². The molecule has 4 heteroatoms. The number of hydrogen-bond acceptors (Lipinski definition) is 4. The van der Waals surface area contributed by atoms with Crippen LogP contribution in [-0.4, -0.2) is 63.6 Å². The SMILES string of the molecule is COCC(CCO)NCCN(C)C. The molecule has 0 radical (unpaired) electrons. The molecular formula is C9H22N2O2. The van der Waals surface area contributed by atoms with Gasteiger partial charge in [0.25, 0.3) is 0 Å². The van der Waals surface area contributed by atoms with E-state index in [-0.39, 0.29) is 12.6 Å². The molecule has 0 aliphatic carbocycles. The van der Waals surface area contributed by atoms with Gasteiger partial charge in [0.1, 0.15) is 0 Å². The van der Waals surface area contributed by atoms with Gasteiger partial charge in [-0.05, 0) is 20.5 Å². The summed E-state index contributed by atoms with van der Waals surface area (Å²) in [7, 11) is 5.76. The monoisotopic (exact) mass is 190 g/mol. The van der Waals surface area contributed by atoms with E-state index in [0.717, 1.165) is 19.5 Å². The molecule has 0 spiro atoms. The molecule has 0 aliphatic rings. The van der Waals surface area contributed by atoms with Gasteiger partial charge in [-0.25, -0.2) is 0 Å². The predicted molar refractivity (Wildman–Crippen MR) is 53.9 cm³/mol. The maximum absolute atomic E-state index is 8.77. The molecule has 1 unspecified atom stereocenters. The van der Waals surface area contributed by atoms with Crippen LogP contribution in [0, 0.1) is 0 Å². The molecule has 0 saturated heterocycles. The lowest BCUT2D eigenvalue weighted by Gasteiger charge is -2.18. The quantitative estimate of drug-likeness (QED) is 0.543. The van der Waals surface area contributed by atoms with Crippen LogP contribution in [0.2, 0.25) is 0 Å². The van der Waals surface area contributed by atoms with E-state index in [9.17, 15) is 0 Å². The Kier molecular flexibility index (Phi) is 8.33. The van der Waals surface area contributed by atoms with E-state index in [1.807, 2.05) is 14.1 Å². The summed E-state index contributed by atoms with van der Waals surface area (Å²) >= 11 is 0. The topological polar surface area (TPSA) is 44.7 Å². The Bertz CT molecular complexity index is 104. The molecule has 0 aromatic rings. The number of aliphatic hydroxyl groups excluding tert-OH is 1. The third-order valence-corrected chi connectivity index (χ3v) is 1.84. The molecule has 13 heavy (non-hydrogen) atoms. The molecule has 0 aromatic heterocycles. The molecule has 0 aliphatic heterocycles. The van der Waals surface area contributed by atoms with Crippen molar-refractivity contribution in [2.24, 2.45) is 0 Å². The second-order valence-electron chi connectivity index (χ2n) is 3.42. The van der Waals surface area contributed by atoms with Gasteiger partial charge < -0.3 is 20.1 Å². The lowest BCUT2D eigenvalue weighted by molar-refractivity contribution is 0.147. The van der Waals surface area contributed by atoms with Gasteiger partial charge in [-0.1, -0.05) is 0 Å². The Morgan fingerprint density at radius 3 is 2.62 bits per heavy atom. The number of ether oxygens (including phenoxy) is 1. The van der Waals surface area contributed by atoms with Crippen molar-refractivity contribution in [3.8, 4) is 0 Å². The van der Waals surface area contributed by atoms with Gasteiger partial charge in [0.05, 0.1) is 6.61 Å². The van der Waals surface area contributed by atoms with Crippen LogP contribution in [0.4, 0.5) is 0 Å². The van der Waals surface area contributed by atoms with Crippen molar-refractivity contribution in [1.82, 2.24) is 10.2 Å². The van der Waals surface area contributed by atoms with Crippen molar-refractivity contribution in [3.63, 3.8) is 0 Å². The third kappa shape index (κ3) is 8.18. The average Bonchev–Trinajstić information content (AvgIpc) is 2.04. The van der Waals surface area contributed by atoms with E-state index in [4.69, 9.17) is 9.84 Å². The molecule has 0 heterocycles. The Morgan fingerprint density at radius 2 is 2.15 bits per heavy atom. The zero-order valence-corrected chi connectivity index (χ0v) is 8.92. The lowest BCUT2D eigenvalue weighted by atomic mass is 10.2. The summed E-state index contributed by atoms with van der Waals surface area (Å²) in [6, 6.07) is 0.273. The first kappa shape index (κ1) is 12.8. The Labute approximate surface area is 80.9 Å². The van der Waals surface area contributed by atoms with Crippen molar-refractivity contribution in [2.75, 3.05) is 47.5 Å². The van der Waals surface area contributed by atoms with Gasteiger partial charge in [-0.2, -0.15) is 0 Å². The average molecular weight is 190 g/mol. The molecule has 0 amide bonds. The van der Waals surface area contributed by atoms with Crippen LogP contribution in [0.3, 0.4) is 0 Å². The summed E-state index contributed by atoms with van der Waals surface area (Å²) < 4.78 is 5.03. The zero-order chi connectivity index (χ0) is 10.1. The molecular weight excluding hydrogens is 168 g/mol. The fourth-order valence-corrected chi connectivity index (χ4v) is 1.09. The standard InChI is InChI=1S/C9H22N2O2/c1-11(2)6-5-10-9(4-7-12)8-13-3/h9-10,12H,4-8H2,1-3H3. The second-order valence-corrected chi connectivity index (χ2v) is 3.42. The molecule has 0 fully saturated rings. The minimum absolute atomic E-state index is 0.211. The fraction of sp³-hybridized carbons (Fsp3) is 1.00. The maximum atomic E-state index is 8.77. The van der Waals surface area contributed by atoms with Crippen molar-refractivity contribution in [3.05, 3.63) is 0 Å². The summed E-state index contributed by atoms with van der Waals surface area (Å²) in [5, 5.41) is 12.1. The fourth-order valence-electron chi connectivity index (χ4n) is 1.09.